The van der Waals surface area contributed by atoms with Gasteiger partial charge in [-0.1, -0.05) is 214 Å². The zero-order chi connectivity index (χ0) is 57.8. The van der Waals surface area contributed by atoms with Crippen molar-refractivity contribution in [1.82, 2.24) is 0 Å². The van der Waals surface area contributed by atoms with Gasteiger partial charge < -0.3 is 56.2 Å². The smallest absolute Gasteiger partial charge is 0.306 e. The number of quaternary nitrogens is 2. The Labute approximate surface area is 465 Å². The molecular weight excluding hydrogens is 1010 g/mol. The Bertz CT molecular complexity index is 1430. The molecule has 0 spiro atoms. The first-order valence-corrected chi connectivity index (χ1v) is 33.0. The average Bonchev–Trinajstić information content (AvgIpc) is 3.35. The molecule has 456 valence electrons. The number of phosphoric acid groups is 2. The molecule has 0 aromatic carbocycles. The molecule has 2 unspecified atom stereocenters. The second kappa shape index (κ2) is 52.9. The number of ether oxygens (including phenoxy) is 3. The third kappa shape index (κ3) is 63.3. The van der Waals surface area contributed by atoms with Crippen LogP contribution in [0.3, 0.4) is 0 Å². The van der Waals surface area contributed by atoms with Crippen molar-refractivity contribution in [2.24, 2.45) is 0 Å². The predicted molar refractivity (Wildman–Crippen MR) is 303 cm³/mol. The lowest BCUT2D eigenvalue weighted by atomic mass is 10.0. The summed E-state index contributed by atoms with van der Waals surface area (Å²) in [6.45, 7) is 9.53. The van der Waals surface area contributed by atoms with Crippen LogP contribution in [-0.4, -0.2) is 139 Å². The first-order chi connectivity index (χ1) is 36.0. The number of hydrogen-bond acceptors (Lipinski definition) is 15. The molecule has 0 aliphatic carbocycles. The molecule has 4 atom stereocenters. The zero-order valence-corrected chi connectivity index (χ0v) is 52.4. The van der Waals surface area contributed by atoms with E-state index in [0.717, 1.165) is 32.1 Å². The maximum Gasteiger partial charge on any atom is 0.306 e. The Balaban J connectivity index is -0.00000202. The number of hydrogen-bond donors (Lipinski definition) is 1. The second-order valence-electron chi connectivity index (χ2n) is 22.1. The van der Waals surface area contributed by atoms with Gasteiger partial charge >= 0.3 is 17.9 Å². The number of phosphoric ester groups is 2. The highest BCUT2D eigenvalue weighted by Crippen LogP contribution is 2.39. The summed E-state index contributed by atoms with van der Waals surface area (Å²) in [5.74, 6) is -1.30. The van der Waals surface area contributed by atoms with Gasteiger partial charge in [0.25, 0.3) is 15.6 Å². The fourth-order valence-corrected chi connectivity index (χ4v) is 8.98. The monoisotopic (exact) mass is 1130 g/mol. The van der Waals surface area contributed by atoms with Crippen molar-refractivity contribution in [3.8, 4) is 0 Å². The van der Waals surface area contributed by atoms with Gasteiger partial charge in [0.1, 0.15) is 45.6 Å². The quantitative estimate of drug-likeness (QED) is 0.0197. The molecule has 0 radical (unpaired) electrons. The predicted octanol–water partition coefficient (Wildman–Crippen LogP) is 12.7. The van der Waals surface area contributed by atoms with Gasteiger partial charge in [0, 0.05) is 19.3 Å². The lowest BCUT2D eigenvalue weighted by Crippen LogP contribution is -2.37. The first-order valence-electron chi connectivity index (χ1n) is 30.0. The van der Waals surface area contributed by atoms with Crippen molar-refractivity contribution >= 4 is 33.6 Å². The van der Waals surface area contributed by atoms with E-state index in [9.17, 15) is 38.4 Å². The van der Waals surface area contributed by atoms with E-state index in [1.165, 1.54) is 154 Å². The van der Waals surface area contributed by atoms with Gasteiger partial charge in [0.2, 0.25) is 0 Å². The third-order valence-electron chi connectivity index (χ3n) is 12.3. The van der Waals surface area contributed by atoms with E-state index in [1.54, 1.807) is 6.92 Å². The van der Waals surface area contributed by atoms with Crippen molar-refractivity contribution in [3.63, 3.8) is 0 Å². The SMILES string of the molecule is CC.CCC(=O)OC[C@H](O)COP(=O)([O-])OCC[N+](C)(C)C.CCCCCCCCCCCCCCCCCC(=O)OC[C@@H](COP(=O)([O-])OCC[N+](C)(C)C)OC(=O)CCCCCCCCCCCCCCCCC. The number of carbonyl (C=O) groups is 3. The largest absolute Gasteiger partial charge is 0.756 e. The van der Waals surface area contributed by atoms with Gasteiger partial charge in [0.15, 0.2) is 6.10 Å². The number of rotatable bonds is 52. The molecule has 76 heavy (non-hydrogen) atoms. The molecule has 0 bridgehead atoms. The number of aliphatic hydroxyl groups is 1. The van der Waals surface area contributed by atoms with Gasteiger partial charge in [-0.05, 0) is 12.8 Å². The topological polar surface area (TPSA) is 216 Å². The van der Waals surface area contributed by atoms with Crippen LogP contribution >= 0.6 is 15.6 Å². The third-order valence-corrected chi connectivity index (χ3v) is 14.2. The van der Waals surface area contributed by atoms with Crippen LogP contribution in [0.2, 0.25) is 0 Å². The normalized spacial score (nSPS) is 14.0. The number of aliphatic hydroxyl groups excluding tert-OH is 1. The summed E-state index contributed by atoms with van der Waals surface area (Å²) in [7, 11) is 2.42. The standard InChI is InChI=1S/C44H88NO8P.C11H24NO7P.C2H6/c1-6-8-10-12-14-16-18-20-22-24-26-28-30-32-34-36-43(46)50-40-42(41-52-54(48,49)51-39-38-45(3,4)5)53-44(47)37-35-33-31-29-27-25-23-21-19-17-15-13-11-9-7-2;1-5-11(14)17-8-10(13)9-19-20(15,16)18-7-6-12(2,3)4;1-2/h42H,6-41H2,1-5H3;10,13H,5-9H2,1-4H3;1-2H3/t42-;10-;/m00./s1. The summed E-state index contributed by atoms with van der Waals surface area (Å²) in [6.07, 6.45) is 35.9. The first kappa shape index (κ1) is 78.7. The van der Waals surface area contributed by atoms with Crippen molar-refractivity contribution in [1.29, 1.82) is 0 Å². The molecule has 0 aliphatic heterocycles. The number of carbonyl (C=O) groups excluding carboxylic acids is 3. The fraction of sp³-hybridized carbons (Fsp3) is 0.947. The molecule has 0 saturated carbocycles. The average molecular weight is 1130 g/mol. The highest BCUT2D eigenvalue weighted by atomic mass is 31.2. The Hall–Kier alpha value is -1.49. The summed E-state index contributed by atoms with van der Waals surface area (Å²) in [5, 5.41) is 9.39. The summed E-state index contributed by atoms with van der Waals surface area (Å²) in [6, 6.07) is 0. The zero-order valence-electron chi connectivity index (χ0n) is 50.6. The molecule has 19 heteroatoms. The summed E-state index contributed by atoms with van der Waals surface area (Å²) >= 11 is 0. The van der Waals surface area contributed by atoms with Crippen LogP contribution in [0, 0.1) is 0 Å². The minimum absolute atomic E-state index is 0.00874. The number of unbranched alkanes of at least 4 members (excludes halogenated alkanes) is 28. The number of likely N-dealkylation sites (N-methyl/N-ethyl adjacent to an activating group) is 2. The molecular formula is C57H118N2O15P2. The summed E-state index contributed by atoms with van der Waals surface area (Å²) in [4.78, 5) is 59.7. The van der Waals surface area contributed by atoms with Crippen molar-refractivity contribution < 1.29 is 79.7 Å². The maximum absolute atomic E-state index is 12.7. The molecule has 0 rings (SSSR count). The van der Waals surface area contributed by atoms with E-state index in [0.29, 0.717) is 28.5 Å². The van der Waals surface area contributed by atoms with Crippen LogP contribution < -0.4 is 9.79 Å². The summed E-state index contributed by atoms with van der Waals surface area (Å²) < 4.78 is 59.6. The minimum atomic E-state index is -4.62. The molecule has 0 amide bonds. The van der Waals surface area contributed by atoms with Crippen molar-refractivity contribution in [2.45, 2.75) is 259 Å². The molecule has 1 N–H and O–H groups in total. The Morgan fingerprint density at radius 2 is 0.724 bits per heavy atom. The van der Waals surface area contributed by atoms with Gasteiger partial charge in [-0.15, -0.1) is 0 Å². The maximum atomic E-state index is 12.7. The number of esters is 3. The number of nitrogens with zero attached hydrogens (tertiary/aromatic N) is 2. The minimum Gasteiger partial charge on any atom is -0.756 e. The van der Waals surface area contributed by atoms with Crippen molar-refractivity contribution in [3.05, 3.63) is 0 Å². The Morgan fingerprint density at radius 3 is 1.05 bits per heavy atom. The van der Waals surface area contributed by atoms with E-state index in [2.05, 4.69) is 27.6 Å². The van der Waals surface area contributed by atoms with E-state index in [1.807, 2.05) is 56.1 Å². The molecule has 0 aromatic heterocycles. The fourth-order valence-electron chi connectivity index (χ4n) is 7.52. The van der Waals surface area contributed by atoms with Gasteiger partial charge in [-0.25, -0.2) is 0 Å². The Kier molecular flexibility index (Phi) is 54.8. The van der Waals surface area contributed by atoms with Crippen LogP contribution in [0.1, 0.15) is 247 Å². The lowest BCUT2D eigenvalue weighted by molar-refractivity contribution is -0.870. The molecule has 0 heterocycles. The van der Waals surface area contributed by atoms with Crippen LogP contribution in [0.5, 0.6) is 0 Å². The van der Waals surface area contributed by atoms with Crippen molar-refractivity contribution in [2.75, 3.05) is 95.0 Å². The molecule has 0 aromatic rings. The van der Waals surface area contributed by atoms with Gasteiger partial charge in [-0.3, -0.25) is 23.5 Å². The Morgan fingerprint density at radius 1 is 0.421 bits per heavy atom. The van der Waals surface area contributed by atoms with E-state index < -0.39 is 53.0 Å². The molecule has 0 saturated heterocycles. The van der Waals surface area contributed by atoms with E-state index in [-0.39, 0.29) is 51.7 Å². The molecule has 0 fully saturated rings. The van der Waals surface area contributed by atoms with Crippen LogP contribution in [0.15, 0.2) is 0 Å². The highest BCUT2D eigenvalue weighted by molar-refractivity contribution is 7.46. The second-order valence-corrected chi connectivity index (χ2v) is 24.9. The van der Waals surface area contributed by atoms with Gasteiger partial charge in [-0.2, -0.15) is 0 Å². The highest BCUT2D eigenvalue weighted by Gasteiger charge is 2.22. The van der Waals surface area contributed by atoms with E-state index in [4.69, 9.17) is 18.5 Å². The van der Waals surface area contributed by atoms with Crippen LogP contribution in [0.25, 0.3) is 0 Å². The summed E-state index contributed by atoms with van der Waals surface area (Å²) in [5.41, 5.74) is 0. The van der Waals surface area contributed by atoms with E-state index >= 15 is 0 Å². The lowest BCUT2D eigenvalue weighted by Gasteiger charge is -2.28. The molecule has 0 aliphatic rings. The molecule has 17 nitrogen and oxygen atoms in total. The van der Waals surface area contributed by atoms with Crippen LogP contribution in [-0.2, 0) is 55.8 Å². The van der Waals surface area contributed by atoms with Gasteiger partial charge in [0.05, 0.1) is 55.5 Å². The van der Waals surface area contributed by atoms with Crippen LogP contribution in [0.4, 0.5) is 0 Å².